The quantitative estimate of drug-likeness (QED) is 0.902. The lowest BCUT2D eigenvalue weighted by Gasteiger charge is -2.34. The van der Waals surface area contributed by atoms with Crippen molar-refractivity contribution in [2.75, 3.05) is 19.8 Å². The standard InChI is InChI=1S/C16H23NO2/c1-2-17-16(12-5-3-6-12)13-7-8-14-15(11-13)19-10-4-9-18-14/h7-8,11-12,16-17H,2-6,9-10H2,1H3. The molecule has 1 aromatic carbocycles. The van der Waals surface area contributed by atoms with Gasteiger partial charge in [0.05, 0.1) is 13.2 Å². The summed E-state index contributed by atoms with van der Waals surface area (Å²) < 4.78 is 11.5. The van der Waals surface area contributed by atoms with Gasteiger partial charge in [0, 0.05) is 12.5 Å². The molecule has 3 heteroatoms. The lowest BCUT2D eigenvalue weighted by atomic mass is 9.77. The number of fused-ring (bicyclic) bond motifs is 1. The Kier molecular flexibility index (Phi) is 3.92. The zero-order valence-electron chi connectivity index (χ0n) is 11.7. The van der Waals surface area contributed by atoms with E-state index in [0.717, 1.165) is 43.6 Å². The van der Waals surface area contributed by atoms with Gasteiger partial charge in [0.15, 0.2) is 11.5 Å². The second-order valence-electron chi connectivity index (χ2n) is 5.48. The van der Waals surface area contributed by atoms with Gasteiger partial charge >= 0.3 is 0 Å². The van der Waals surface area contributed by atoms with Crippen LogP contribution in [0, 0.1) is 5.92 Å². The maximum atomic E-state index is 5.80. The molecule has 3 nitrogen and oxygen atoms in total. The molecule has 3 rings (SSSR count). The van der Waals surface area contributed by atoms with Crippen LogP contribution >= 0.6 is 0 Å². The summed E-state index contributed by atoms with van der Waals surface area (Å²) in [4.78, 5) is 0. The Balaban J connectivity index is 1.84. The Bertz CT molecular complexity index is 429. The highest BCUT2D eigenvalue weighted by atomic mass is 16.5. The molecular weight excluding hydrogens is 238 g/mol. The van der Waals surface area contributed by atoms with Crippen molar-refractivity contribution in [3.63, 3.8) is 0 Å². The monoisotopic (exact) mass is 261 g/mol. The summed E-state index contributed by atoms with van der Waals surface area (Å²) in [5.41, 5.74) is 1.34. The van der Waals surface area contributed by atoms with Crippen LogP contribution in [0.1, 0.15) is 44.2 Å². The minimum absolute atomic E-state index is 0.468. The first-order valence-corrected chi connectivity index (χ1v) is 7.51. The molecular formula is C16H23NO2. The Labute approximate surface area is 115 Å². The molecule has 1 heterocycles. The maximum absolute atomic E-state index is 5.80. The molecule has 104 valence electrons. The lowest BCUT2D eigenvalue weighted by Crippen LogP contribution is -2.32. The van der Waals surface area contributed by atoms with Gasteiger partial charge in [-0.15, -0.1) is 0 Å². The minimum atomic E-state index is 0.468. The Morgan fingerprint density at radius 3 is 2.63 bits per heavy atom. The molecule has 1 aliphatic heterocycles. The summed E-state index contributed by atoms with van der Waals surface area (Å²) in [5, 5.41) is 3.63. The highest BCUT2D eigenvalue weighted by molar-refractivity contribution is 5.44. The van der Waals surface area contributed by atoms with Crippen LogP contribution in [0.2, 0.25) is 0 Å². The van der Waals surface area contributed by atoms with Crippen LogP contribution in [0.15, 0.2) is 18.2 Å². The van der Waals surface area contributed by atoms with E-state index in [-0.39, 0.29) is 0 Å². The summed E-state index contributed by atoms with van der Waals surface area (Å²) in [6, 6.07) is 6.90. The van der Waals surface area contributed by atoms with E-state index in [1.807, 2.05) is 0 Å². The van der Waals surface area contributed by atoms with Gasteiger partial charge in [-0.1, -0.05) is 19.4 Å². The van der Waals surface area contributed by atoms with E-state index in [2.05, 4.69) is 30.4 Å². The van der Waals surface area contributed by atoms with Crippen molar-refractivity contribution in [1.29, 1.82) is 0 Å². The van der Waals surface area contributed by atoms with Crippen LogP contribution in [0.5, 0.6) is 11.5 Å². The van der Waals surface area contributed by atoms with Crippen molar-refractivity contribution >= 4 is 0 Å². The predicted octanol–water partition coefficient (Wildman–Crippen LogP) is 3.30. The van der Waals surface area contributed by atoms with Crippen LogP contribution in [0.4, 0.5) is 0 Å². The molecule has 0 spiro atoms. The summed E-state index contributed by atoms with van der Waals surface area (Å²) in [5.74, 6) is 2.59. The van der Waals surface area contributed by atoms with Crippen LogP contribution in [0.3, 0.4) is 0 Å². The highest BCUT2D eigenvalue weighted by Gasteiger charge is 2.28. The maximum Gasteiger partial charge on any atom is 0.161 e. The van der Waals surface area contributed by atoms with Crippen LogP contribution in [-0.2, 0) is 0 Å². The average Bonchev–Trinajstić information content (AvgIpc) is 2.60. The van der Waals surface area contributed by atoms with Crippen LogP contribution < -0.4 is 14.8 Å². The van der Waals surface area contributed by atoms with Crippen molar-refractivity contribution in [2.24, 2.45) is 5.92 Å². The molecule has 1 aliphatic carbocycles. The average molecular weight is 261 g/mol. The fourth-order valence-electron chi connectivity index (χ4n) is 2.92. The minimum Gasteiger partial charge on any atom is -0.490 e. The normalized spacial score (nSPS) is 20.5. The SMILES string of the molecule is CCNC(c1ccc2c(c1)OCCCO2)C1CCC1. The molecule has 0 amide bonds. The smallest absolute Gasteiger partial charge is 0.161 e. The molecule has 19 heavy (non-hydrogen) atoms. The number of hydrogen-bond donors (Lipinski definition) is 1. The summed E-state index contributed by atoms with van der Waals surface area (Å²) in [7, 11) is 0. The zero-order valence-corrected chi connectivity index (χ0v) is 11.7. The predicted molar refractivity (Wildman–Crippen MR) is 75.8 cm³/mol. The molecule has 0 radical (unpaired) electrons. The third-order valence-corrected chi connectivity index (χ3v) is 4.18. The Hall–Kier alpha value is -1.22. The van der Waals surface area contributed by atoms with Crippen molar-refractivity contribution in [1.82, 2.24) is 5.32 Å². The van der Waals surface area contributed by atoms with E-state index >= 15 is 0 Å². The van der Waals surface area contributed by atoms with Gasteiger partial charge in [0.2, 0.25) is 0 Å². The molecule has 1 saturated carbocycles. The summed E-state index contributed by atoms with van der Waals surface area (Å²) in [6.45, 7) is 4.70. The van der Waals surface area contributed by atoms with Crippen LogP contribution in [0.25, 0.3) is 0 Å². The third kappa shape index (κ3) is 2.71. The van der Waals surface area contributed by atoms with Gasteiger partial charge in [0.1, 0.15) is 0 Å². The second-order valence-corrected chi connectivity index (χ2v) is 5.48. The summed E-state index contributed by atoms with van der Waals surface area (Å²) >= 11 is 0. The lowest BCUT2D eigenvalue weighted by molar-refractivity contribution is 0.232. The molecule has 1 atom stereocenters. The van der Waals surface area contributed by atoms with E-state index < -0.39 is 0 Å². The van der Waals surface area contributed by atoms with Crippen molar-refractivity contribution in [3.8, 4) is 11.5 Å². The molecule has 2 aliphatic rings. The zero-order chi connectivity index (χ0) is 13.1. The van der Waals surface area contributed by atoms with E-state index in [9.17, 15) is 0 Å². The molecule has 0 bridgehead atoms. The first-order valence-electron chi connectivity index (χ1n) is 7.51. The fraction of sp³-hybridized carbons (Fsp3) is 0.625. The van der Waals surface area contributed by atoms with Gasteiger partial charge in [-0.2, -0.15) is 0 Å². The van der Waals surface area contributed by atoms with E-state index in [0.29, 0.717) is 6.04 Å². The molecule has 1 unspecified atom stereocenters. The molecule has 1 N–H and O–H groups in total. The number of rotatable bonds is 4. The van der Waals surface area contributed by atoms with Gasteiger partial charge in [0.25, 0.3) is 0 Å². The topological polar surface area (TPSA) is 30.5 Å². The first kappa shape index (κ1) is 12.8. The van der Waals surface area contributed by atoms with Gasteiger partial charge in [-0.05, 0) is 43.0 Å². The van der Waals surface area contributed by atoms with Crippen molar-refractivity contribution in [3.05, 3.63) is 23.8 Å². The van der Waals surface area contributed by atoms with E-state index in [1.54, 1.807) is 0 Å². The van der Waals surface area contributed by atoms with Crippen LogP contribution in [-0.4, -0.2) is 19.8 Å². The summed E-state index contributed by atoms with van der Waals surface area (Å²) in [6.07, 6.45) is 5.01. The molecule has 1 fully saturated rings. The highest BCUT2D eigenvalue weighted by Crippen LogP contribution is 2.40. The van der Waals surface area contributed by atoms with Crippen molar-refractivity contribution in [2.45, 2.75) is 38.6 Å². The first-order chi connectivity index (χ1) is 9.38. The van der Waals surface area contributed by atoms with E-state index in [1.165, 1.54) is 24.8 Å². The van der Waals surface area contributed by atoms with Gasteiger partial charge in [-0.25, -0.2) is 0 Å². The molecule has 0 saturated heterocycles. The fourth-order valence-corrected chi connectivity index (χ4v) is 2.92. The van der Waals surface area contributed by atoms with Gasteiger partial charge in [-0.3, -0.25) is 0 Å². The van der Waals surface area contributed by atoms with Gasteiger partial charge < -0.3 is 14.8 Å². The third-order valence-electron chi connectivity index (χ3n) is 4.18. The number of ether oxygens (including phenoxy) is 2. The Morgan fingerprint density at radius 2 is 1.95 bits per heavy atom. The van der Waals surface area contributed by atoms with E-state index in [4.69, 9.17) is 9.47 Å². The Morgan fingerprint density at radius 1 is 1.16 bits per heavy atom. The number of benzene rings is 1. The molecule has 0 aromatic heterocycles. The number of hydrogen-bond acceptors (Lipinski definition) is 3. The number of nitrogens with one attached hydrogen (secondary N) is 1. The van der Waals surface area contributed by atoms with Crippen molar-refractivity contribution < 1.29 is 9.47 Å². The molecule has 1 aromatic rings. The largest absolute Gasteiger partial charge is 0.490 e. The second kappa shape index (κ2) is 5.83.